The minimum absolute atomic E-state index is 0.132. The number of imidazole rings is 1. The number of ether oxygens (including phenoxy) is 1. The smallest absolute Gasteiger partial charge is 0.226 e. The lowest BCUT2D eigenvalue weighted by atomic mass is 9.88. The summed E-state index contributed by atoms with van der Waals surface area (Å²) >= 11 is 6.03. The van der Waals surface area contributed by atoms with Crippen LogP contribution >= 0.6 is 11.6 Å². The molecule has 290 valence electrons. The molecule has 15 heteroatoms. The summed E-state index contributed by atoms with van der Waals surface area (Å²) in [5.74, 6) is 4.60. The van der Waals surface area contributed by atoms with Gasteiger partial charge in [-0.25, -0.2) is 33.7 Å². The Morgan fingerprint density at radius 2 is 1.29 bits per heavy atom. The van der Waals surface area contributed by atoms with Gasteiger partial charge in [-0.3, -0.25) is 4.57 Å². The average molecular weight is 780 g/mol. The fraction of sp³-hybridized carbons (Fsp3) is 0.317. The number of benzene rings is 2. The number of anilines is 6. The molecule has 0 spiro atoms. The molecule has 6 heterocycles. The van der Waals surface area contributed by atoms with Gasteiger partial charge in [-0.1, -0.05) is 27.7 Å². The van der Waals surface area contributed by atoms with E-state index in [0.717, 1.165) is 70.1 Å². The van der Waals surface area contributed by atoms with Crippen LogP contribution in [0.15, 0.2) is 73.3 Å². The molecule has 12 nitrogen and oxygen atoms in total. The van der Waals surface area contributed by atoms with Gasteiger partial charge in [-0.15, -0.1) is 0 Å². The van der Waals surface area contributed by atoms with E-state index in [-0.39, 0.29) is 27.7 Å². The molecule has 8 rings (SSSR count). The van der Waals surface area contributed by atoms with Crippen LogP contribution in [0.2, 0.25) is 5.28 Å². The summed E-state index contributed by atoms with van der Waals surface area (Å²) < 4.78 is 34.2. The summed E-state index contributed by atoms with van der Waals surface area (Å²) in [4.78, 5) is 31.5. The summed E-state index contributed by atoms with van der Waals surface area (Å²) in [5.41, 5.74) is 5.37. The molecule has 4 aromatic heterocycles. The van der Waals surface area contributed by atoms with E-state index in [9.17, 15) is 8.78 Å². The molecule has 0 fully saturated rings. The Bertz CT molecular complexity index is 2380. The molecule has 0 bridgehead atoms. The molecule has 6 aromatic rings. The molecule has 0 saturated carbocycles. The summed E-state index contributed by atoms with van der Waals surface area (Å²) in [7, 11) is 5.31. The van der Waals surface area contributed by atoms with Gasteiger partial charge in [0.15, 0.2) is 11.6 Å². The quantitative estimate of drug-likeness (QED) is 0.145. The van der Waals surface area contributed by atoms with Crippen LogP contribution in [-0.4, -0.2) is 68.8 Å². The SMILES string of the molecule is CNc1nc(Cc2cnc(-n3cnc(C)c3)c(OC)c2)nc2c1C(C)(C)CN2c1ccc(F)cc1.CNc1nc(Cl)nc2c1C(C)(C)CN2c1ccc(F)cc1. The number of fused-ring (bicyclic) bond motifs is 2. The maximum Gasteiger partial charge on any atom is 0.226 e. The van der Waals surface area contributed by atoms with E-state index in [0.29, 0.717) is 23.8 Å². The summed E-state index contributed by atoms with van der Waals surface area (Å²) in [6, 6.07) is 14.9. The van der Waals surface area contributed by atoms with E-state index in [1.165, 1.54) is 24.3 Å². The molecular weight excluding hydrogens is 736 g/mol. The maximum atomic E-state index is 13.6. The van der Waals surface area contributed by atoms with Gasteiger partial charge in [0.2, 0.25) is 5.28 Å². The first-order chi connectivity index (χ1) is 26.7. The summed E-state index contributed by atoms with van der Waals surface area (Å²) in [6.07, 6.45) is 5.91. The first-order valence-electron chi connectivity index (χ1n) is 18.2. The predicted octanol–water partition coefficient (Wildman–Crippen LogP) is 8.32. The predicted molar refractivity (Wildman–Crippen MR) is 216 cm³/mol. The molecule has 2 N–H and O–H groups in total. The maximum absolute atomic E-state index is 13.6. The third-order valence-electron chi connectivity index (χ3n) is 9.95. The van der Waals surface area contributed by atoms with Crippen LogP contribution in [0.1, 0.15) is 55.9 Å². The van der Waals surface area contributed by atoms with Crippen molar-refractivity contribution in [2.75, 3.05) is 54.7 Å². The van der Waals surface area contributed by atoms with Crippen LogP contribution in [0.25, 0.3) is 5.82 Å². The number of hydrogen-bond donors (Lipinski definition) is 2. The molecule has 0 radical (unpaired) electrons. The minimum atomic E-state index is -0.262. The zero-order chi connectivity index (χ0) is 39.9. The number of hydrogen-bond acceptors (Lipinski definition) is 11. The summed E-state index contributed by atoms with van der Waals surface area (Å²) in [6.45, 7) is 12.0. The van der Waals surface area contributed by atoms with E-state index in [4.69, 9.17) is 26.3 Å². The van der Waals surface area contributed by atoms with Crippen molar-refractivity contribution in [1.82, 2.24) is 34.5 Å². The van der Waals surface area contributed by atoms with Crippen LogP contribution in [0.5, 0.6) is 5.75 Å². The van der Waals surface area contributed by atoms with Crippen LogP contribution in [0, 0.1) is 18.6 Å². The van der Waals surface area contributed by atoms with Gasteiger partial charge >= 0.3 is 0 Å². The Balaban J connectivity index is 0.000000195. The molecule has 2 aromatic carbocycles. The van der Waals surface area contributed by atoms with Crippen LogP contribution in [0.4, 0.5) is 43.4 Å². The molecule has 0 amide bonds. The van der Waals surface area contributed by atoms with Gasteiger partial charge in [-0.2, -0.15) is 4.98 Å². The topological polar surface area (TPSA) is 122 Å². The van der Waals surface area contributed by atoms with Crippen LogP contribution < -0.4 is 25.2 Å². The van der Waals surface area contributed by atoms with Gasteiger partial charge in [-0.05, 0) is 78.7 Å². The van der Waals surface area contributed by atoms with Crippen molar-refractivity contribution in [2.24, 2.45) is 0 Å². The monoisotopic (exact) mass is 779 g/mol. The number of nitrogens with zero attached hydrogens (tertiary/aromatic N) is 9. The highest BCUT2D eigenvalue weighted by atomic mass is 35.5. The lowest BCUT2D eigenvalue weighted by molar-refractivity contribution is 0.410. The molecule has 0 saturated heterocycles. The van der Waals surface area contributed by atoms with E-state index < -0.39 is 0 Å². The van der Waals surface area contributed by atoms with Crippen molar-refractivity contribution in [3.05, 3.63) is 118 Å². The Morgan fingerprint density at radius 3 is 1.79 bits per heavy atom. The van der Waals surface area contributed by atoms with Crippen molar-refractivity contribution < 1.29 is 13.5 Å². The number of aryl methyl sites for hydroxylation is 1. The van der Waals surface area contributed by atoms with Crippen LogP contribution in [-0.2, 0) is 17.3 Å². The van der Waals surface area contributed by atoms with Crippen LogP contribution in [0.3, 0.4) is 0 Å². The van der Waals surface area contributed by atoms with Gasteiger partial charge in [0.1, 0.15) is 47.1 Å². The second kappa shape index (κ2) is 15.0. The Labute approximate surface area is 330 Å². The number of nitrogens with one attached hydrogen (secondary N) is 2. The Morgan fingerprint density at radius 1 is 0.750 bits per heavy atom. The molecule has 2 aliphatic rings. The largest absolute Gasteiger partial charge is 0.493 e. The number of aromatic nitrogens is 7. The molecule has 0 aliphatic carbocycles. The third-order valence-corrected chi connectivity index (χ3v) is 10.1. The second-order valence-electron chi connectivity index (χ2n) is 15.1. The molecule has 2 aliphatic heterocycles. The van der Waals surface area contributed by atoms with E-state index in [2.05, 4.69) is 63.2 Å². The lowest BCUT2D eigenvalue weighted by Crippen LogP contribution is -2.25. The molecule has 56 heavy (non-hydrogen) atoms. The third kappa shape index (κ3) is 7.40. The zero-order valence-corrected chi connectivity index (χ0v) is 33.4. The van der Waals surface area contributed by atoms with E-state index in [1.54, 1.807) is 37.7 Å². The van der Waals surface area contributed by atoms with Gasteiger partial charge in [0, 0.05) is 79.3 Å². The zero-order valence-electron chi connectivity index (χ0n) is 32.6. The van der Waals surface area contributed by atoms with Crippen molar-refractivity contribution in [1.29, 1.82) is 0 Å². The van der Waals surface area contributed by atoms with Gasteiger partial charge < -0.3 is 25.2 Å². The van der Waals surface area contributed by atoms with Crippen molar-refractivity contribution in [3.8, 4) is 11.6 Å². The highest BCUT2D eigenvalue weighted by Crippen LogP contribution is 2.47. The molecular formula is C41H44ClF2N11O. The first-order valence-corrected chi connectivity index (χ1v) is 18.5. The fourth-order valence-electron chi connectivity index (χ4n) is 7.40. The standard InChI is InChI=1S/C26H28FN7O.C15H16ClFN4/c1-16-13-33(15-30-16)24-20(35-5)10-17(12-29-24)11-21-31-23(28-4)22-25(32-21)34(14-26(22,2)3)19-8-6-18(27)7-9-19;1-15(2)8-21(10-6-4-9(17)5-7-10)13-11(15)12(18-3)19-14(16)20-13/h6-10,12-13,15H,11,14H2,1-5H3,(H,28,31,32);4-7H,8H2,1-3H3,(H,18,19,20). The van der Waals surface area contributed by atoms with E-state index >= 15 is 0 Å². The van der Waals surface area contributed by atoms with E-state index in [1.807, 2.05) is 48.9 Å². The van der Waals surface area contributed by atoms with Gasteiger partial charge in [0.25, 0.3) is 0 Å². The number of halogens is 3. The second-order valence-corrected chi connectivity index (χ2v) is 15.4. The number of pyridine rings is 1. The fourth-order valence-corrected chi connectivity index (χ4v) is 7.56. The molecule has 0 unspecified atom stereocenters. The minimum Gasteiger partial charge on any atom is -0.493 e. The van der Waals surface area contributed by atoms with Gasteiger partial charge in [0.05, 0.1) is 12.8 Å². The number of rotatable bonds is 8. The highest BCUT2D eigenvalue weighted by Gasteiger charge is 2.41. The summed E-state index contributed by atoms with van der Waals surface area (Å²) in [5, 5.41) is 6.54. The van der Waals surface area contributed by atoms with Crippen molar-refractivity contribution in [3.63, 3.8) is 0 Å². The Kier molecular flexibility index (Phi) is 10.3. The first kappa shape index (κ1) is 38.4. The van der Waals surface area contributed by atoms with Crippen molar-refractivity contribution in [2.45, 2.75) is 51.9 Å². The normalized spacial score (nSPS) is 14.8. The lowest BCUT2D eigenvalue weighted by Gasteiger charge is -2.21. The highest BCUT2D eigenvalue weighted by molar-refractivity contribution is 6.28. The Hall–Kier alpha value is -5.89. The van der Waals surface area contributed by atoms with Crippen molar-refractivity contribution >= 4 is 46.2 Å². The number of methoxy groups -OCH3 is 1. The molecule has 0 atom stereocenters. The average Bonchev–Trinajstić information content (AvgIpc) is 3.81.